The van der Waals surface area contributed by atoms with Crippen molar-refractivity contribution < 1.29 is 13.2 Å². The van der Waals surface area contributed by atoms with Gasteiger partial charge in [0.15, 0.2) is 4.80 Å². The molecule has 0 atom stereocenters. The van der Waals surface area contributed by atoms with E-state index in [1.165, 1.54) is 21.2 Å². The number of piperidine rings is 1. The van der Waals surface area contributed by atoms with Crippen molar-refractivity contribution in [2.45, 2.75) is 30.5 Å². The minimum atomic E-state index is -3.46. The first kappa shape index (κ1) is 22.7. The number of thiophene rings is 1. The average molecular weight is 496 g/mol. The van der Waals surface area contributed by atoms with Gasteiger partial charge in [0.1, 0.15) is 4.21 Å². The molecule has 0 unspecified atom stereocenters. The molecule has 0 bridgehead atoms. The number of benzene rings is 1. The molecule has 6 nitrogen and oxygen atoms in total. The van der Waals surface area contributed by atoms with Crippen molar-refractivity contribution in [3.8, 4) is 0 Å². The van der Waals surface area contributed by atoms with Gasteiger partial charge in [-0.25, -0.2) is 8.42 Å². The predicted molar refractivity (Wildman–Crippen MR) is 129 cm³/mol. The number of aromatic nitrogens is 1. The normalized spacial score (nSPS) is 16.9. The average Bonchev–Trinajstić information content (AvgIpc) is 3.41. The number of fused-ring (bicyclic) bond motifs is 1. The van der Waals surface area contributed by atoms with Crippen LogP contribution in [0.15, 0.2) is 44.9 Å². The van der Waals surface area contributed by atoms with Gasteiger partial charge in [0.05, 0.1) is 10.2 Å². The number of hydrogen-bond acceptors (Lipinski definition) is 6. The molecule has 1 aliphatic heterocycles. The molecule has 0 radical (unpaired) electrons. The van der Waals surface area contributed by atoms with Crippen molar-refractivity contribution in [1.82, 2.24) is 8.87 Å². The summed E-state index contributed by atoms with van der Waals surface area (Å²) >= 11 is 4.53. The van der Waals surface area contributed by atoms with E-state index in [0.29, 0.717) is 30.1 Å². The van der Waals surface area contributed by atoms with Crippen LogP contribution in [0.1, 0.15) is 18.4 Å². The number of carbonyl (C=O) groups is 1. The summed E-state index contributed by atoms with van der Waals surface area (Å²) in [4.78, 5) is 18.2. The van der Waals surface area contributed by atoms with E-state index in [1.807, 2.05) is 0 Å². The van der Waals surface area contributed by atoms with Crippen molar-refractivity contribution in [2.24, 2.45) is 10.9 Å². The standard InChI is InChI=1S/C21H25N3O3S4/c1-15-5-6-17-18(14-15)30-21(24(17)11-13-28-2)22-20(25)16-7-9-23(10-8-16)31(26,27)19-4-3-12-29-19/h3-6,12,14,16H,7-11,13H2,1-2H3. The predicted octanol–water partition coefficient (Wildman–Crippen LogP) is 3.96. The molecule has 0 saturated carbocycles. The molecule has 0 aliphatic carbocycles. The van der Waals surface area contributed by atoms with Crippen molar-refractivity contribution in [2.75, 3.05) is 25.1 Å². The van der Waals surface area contributed by atoms with Crippen LogP contribution in [-0.4, -0.2) is 48.3 Å². The van der Waals surface area contributed by atoms with Crippen molar-refractivity contribution in [3.63, 3.8) is 0 Å². The zero-order valence-corrected chi connectivity index (χ0v) is 20.7. The van der Waals surface area contributed by atoms with Gasteiger partial charge in [-0.15, -0.1) is 11.3 Å². The topological polar surface area (TPSA) is 71.7 Å². The largest absolute Gasteiger partial charge is 0.316 e. The number of sulfonamides is 1. The van der Waals surface area contributed by atoms with Crippen LogP contribution in [-0.2, 0) is 21.4 Å². The molecular weight excluding hydrogens is 471 g/mol. The second-order valence-corrected chi connectivity index (χ2v) is 12.7. The molecule has 1 fully saturated rings. The van der Waals surface area contributed by atoms with Gasteiger partial charge < -0.3 is 4.57 Å². The van der Waals surface area contributed by atoms with Crippen LogP contribution in [0.4, 0.5) is 0 Å². The van der Waals surface area contributed by atoms with Crippen LogP contribution in [0, 0.1) is 12.8 Å². The number of aryl methyl sites for hydroxylation is 2. The number of thioether (sulfide) groups is 1. The lowest BCUT2D eigenvalue weighted by atomic mass is 9.98. The molecule has 3 aromatic rings. The van der Waals surface area contributed by atoms with E-state index in [2.05, 4.69) is 40.9 Å². The minimum Gasteiger partial charge on any atom is -0.316 e. The Bertz CT molecular complexity index is 1230. The van der Waals surface area contributed by atoms with Crippen molar-refractivity contribution in [1.29, 1.82) is 0 Å². The van der Waals surface area contributed by atoms with Crippen LogP contribution in [0.25, 0.3) is 10.2 Å². The van der Waals surface area contributed by atoms with Gasteiger partial charge in [-0.1, -0.05) is 23.5 Å². The lowest BCUT2D eigenvalue weighted by Gasteiger charge is -2.29. The molecule has 3 heterocycles. The van der Waals surface area contributed by atoms with E-state index in [0.717, 1.165) is 27.3 Å². The van der Waals surface area contributed by atoms with E-state index in [9.17, 15) is 13.2 Å². The molecule has 1 amide bonds. The van der Waals surface area contributed by atoms with Crippen molar-refractivity contribution in [3.05, 3.63) is 46.1 Å². The molecule has 1 aromatic carbocycles. The van der Waals surface area contributed by atoms with Crippen LogP contribution in [0.5, 0.6) is 0 Å². The molecular formula is C21H25N3O3S4. The molecule has 31 heavy (non-hydrogen) atoms. The monoisotopic (exact) mass is 495 g/mol. The van der Waals surface area contributed by atoms with E-state index in [1.54, 1.807) is 40.6 Å². The quantitative estimate of drug-likeness (QED) is 0.519. The van der Waals surface area contributed by atoms with E-state index in [4.69, 9.17) is 0 Å². The Labute approximate surface area is 194 Å². The zero-order chi connectivity index (χ0) is 22.0. The highest BCUT2D eigenvalue weighted by Gasteiger charge is 2.32. The van der Waals surface area contributed by atoms with Gasteiger partial charge in [-0.2, -0.15) is 21.1 Å². The SMILES string of the molecule is CSCCn1c(=NC(=O)C2CCN(S(=O)(=O)c3cccs3)CC2)sc2cc(C)ccc21. The summed E-state index contributed by atoms with van der Waals surface area (Å²) in [5.41, 5.74) is 2.29. The lowest BCUT2D eigenvalue weighted by molar-refractivity contribution is -0.122. The lowest BCUT2D eigenvalue weighted by Crippen LogP contribution is -2.40. The second-order valence-electron chi connectivity index (χ2n) is 7.56. The Hall–Kier alpha value is -1.46. The molecule has 4 rings (SSSR count). The van der Waals surface area contributed by atoms with E-state index < -0.39 is 10.0 Å². The van der Waals surface area contributed by atoms with Crippen molar-refractivity contribution >= 4 is 60.6 Å². The molecule has 0 N–H and O–H groups in total. The molecule has 1 saturated heterocycles. The summed E-state index contributed by atoms with van der Waals surface area (Å²) in [6.07, 6.45) is 3.07. The van der Waals surface area contributed by atoms with Crippen LogP contribution < -0.4 is 4.80 Å². The number of nitrogens with zero attached hydrogens (tertiary/aromatic N) is 3. The molecule has 2 aromatic heterocycles. The number of amides is 1. The fourth-order valence-corrected chi connectivity index (χ4v) is 7.87. The molecule has 0 spiro atoms. The Morgan fingerprint density at radius 1 is 1.26 bits per heavy atom. The maximum absolute atomic E-state index is 13.0. The summed E-state index contributed by atoms with van der Waals surface area (Å²) in [6.45, 7) is 3.56. The van der Waals surface area contributed by atoms with Crippen LogP contribution in [0.2, 0.25) is 0 Å². The Morgan fingerprint density at radius 3 is 2.71 bits per heavy atom. The number of thiazole rings is 1. The minimum absolute atomic E-state index is 0.144. The second kappa shape index (κ2) is 9.58. The molecule has 166 valence electrons. The third kappa shape index (κ3) is 4.83. The number of hydrogen-bond donors (Lipinski definition) is 0. The fourth-order valence-electron chi connectivity index (χ4n) is 3.73. The maximum Gasteiger partial charge on any atom is 0.252 e. The maximum atomic E-state index is 13.0. The molecule has 1 aliphatic rings. The third-order valence-corrected chi connectivity index (χ3v) is 10.4. The summed E-state index contributed by atoms with van der Waals surface area (Å²) in [5.74, 6) is 0.560. The Kier molecular flexibility index (Phi) is 7.02. The highest BCUT2D eigenvalue weighted by molar-refractivity contribution is 7.98. The van der Waals surface area contributed by atoms with Gasteiger partial charge in [-0.05, 0) is 55.2 Å². The summed E-state index contributed by atoms with van der Waals surface area (Å²) < 4.78 is 30.5. The van der Waals surface area contributed by atoms with Gasteiger partial charge in [0, 0.05) is 31.3 Å². The highest BCUT2D eigenvalue weighted by atomic mass is 32.2. The smallest absolute Gasteiger partial charge is 0.252 e. The molecule has 10 heteroatoms. The number of carbonyl (C=O) groups excluding carboxylic acids is 1. The van der Waals surface area contributed by atoms with E-state index in [-0.39, 0.29) is 11.8 Å². The first-order valence-corrected chi connectivity index (χ1v) is 14.6. The zero-order valence-electron chi connectivity index (χ0n) is 17.5. The first-order valence-electron chi connectivity index (χ1n) is 10.1. The van der Waals surface area contributed by atoms with E-state index >= 15 is 0 Å². The van der Waals surface area contributed by atoms with Gasteiger partial charge in [0.2, 0.25) is 0 Å². The van der Waals surface area contributed by atoms with Crippen LogP contribution >= 0.6 is 34.4 Å². The Balaban J connectivity index is 1.54. The number of rotatable bonds is 6. The first-order chi connectivity index (χ1) is 14.9. The summed E-state index contributed by atoms with van der Waals surface area (Å²) in [5, 5.41) is 1.76. The fraction of sp³-hybridized carbons (Fsp3) is 0.429. The Morgan fingerprint density at radius 2 is 2.03 bits per heavy atom. The van der Waals surface area contributed by atoms with Gasteiger partial charge >= 0.3 is 0 Å². The van der Waals surface area contributed by atoms with Gasteiger partial charge in [0.25, 0.3) is 15.9 Å². The summed E-state index contributed by atoms with van der Waals surface area (Å²) in [7, 11) is -3.46. The van der Waals surface area contributed by atoms with Crippen LogP contribution in [0.3, 0.4) is 0 Å². The highest BCUT2D eigenvalue weighted by Crippen LogP contribution is 2.27. The third-order valence-electron chi connectivity index (χ3n) is 5.46. The van der Waals surface area contributed by atoms with Gasteiger partial charge in [-0.3, -0.25) is 4.79 Å². The summed E-state index contributed by atoms with van der Waals surface area (Å²) in [6, 6.07) is 9.68.